The van der Waals surface area contributed by atoms with Crippen LogP contribution < -0.4 is 0 Å². The van der Waals surface area contributed by atoms with Crippen LogP contribution in [0, 0.1) is 0 Å². The Balaban J connectivity index is 1.44. The molecule has 0 aliphatic carbocycles. The zero-order chi connectivity index (χ0) is 17.1. The fraction of sp³-hybridized carbons (Fsp3) is 0.316. The van der Waals surface area contributed by atoms with Gasteiger partial charge in [0.15, 0.2) is 0 Å². The Hall–Kier alpha value is -2.05. The Kier molecular flexibility index (Phi) is 4.90. The molecule has 1 fully saturated rings. The van der Waals surface area contributed by atoms with Crippen LogP contribution in [0.4, 0.5) is 0 Å². The fourth-order valence-electron chi connectivity index (χ4n) is 3.19. The number of likely N-dealkylation sites (tertiary alicyclic amines) is 1. The van der Waals surface area contributed by atoms with Gasteiger partial charge in [0.25, 0.3) is 5.91 Å². The molecule has 25 heavy (non-hydrogen) atoms. The molecule has 0 spiro atoms. The van der Waals surface area contributed by atoms with E-state index in [1.807, 2.05) is 40.6 Å². The summed E-state index contributed by atoms with van der Waals surface area (Å²) in [5.74, 6) is 0.452. The zero-order valence-electron chi connectivity index (χ0n) is 13.8. The monoisotopic (exact) mass is 369 g/mol. The van der Waals surface area contributed by atoms with Gasteiger partial charge in [-0.15, -0.1) is 32.9 Å². The highest BCUT2D eigenvalue weighted by molar-refractivity contribution is 7.12. The lowest BCUT2D eigenvalue weighted by Gasteiger charge is -2.31. The number of thiophene rings is 1. The Morgan fingerprint density at radius 2 is 2.04 bits per heavy atom. The third-order valence-electron chi connectivity index (χ3n) is 4.47. The third kappa shape index (κ3) is 3.80. The second kappa shape index (κ2) is 7.45. The van der Waals surface area contributed by atoms with Crippen molar-refractivity contribution in [1.29, 1.82) is 0 Å². The molecule has 1 aliphatic heterocycles. The first-order valence-corrected chi connectivity index (χ1v) is 10.2. The van der Waals surface area contributed by atoms with Gasteiger partial charge in [-0.05, 0) is 29.9 Å². The highest BCUT2D eigenvalue weighted by Crippen LogP contribution is 2.30. The lowest BCUT2D eigenvalue weighted by molar-refractivity contribution is 0.0712. The van der Waals surface area contributed by atoms with Gasteiger partial charge in [0, 0.05) is 25.4 Å². The van der Waals surface area contributed by atoms with Crippen LogP contribution in [0.25, 0.3) is 0 Å². The van der Waals surface area contributed by atoms with Crippen molar-refractivity contribution in [3.05, 3.63) is 68.3 Å². The number of hydrogen-bond donors (Lipinski definition) is 0. The molecule has 1 aromatic carbocycles. The van der Waals surface area contributed by atoms with E-state index in [0.717, 1.165) is 47.2 Å². The molecular weight excluding hydrogens is 350 g/mol. The van der Waals surface area contributed by atoms with Gasteiger partial charge in [-0.3, -0.25) is 4.79 Å². The Morgan fingerprint density at radius 1 is 1.16 bits per heavy atom. The summed E-state index contributed by atoms with van der Waals surface area (Å²) in [5, 5.41) is 12.9. The maximum Gasteiger partial charge on any atom is 0.263 e. The molecule has 128 valence electrons. The van der Waals surface area contributed by atoms with Crippen LogP contribution in [0.2, 0.25) is 0 Å². The highest BCUT2D eigenvalue weighted by Gasteiger charge is 2.28. The minimum absolute atomic E-state index is 0.147. The Bertz CT molecular complexity index is 829. The van der Waals surface area contributed by atoms with E-state index in [1.165, 1.54) is 16.9 Å². The molecular formula is C19H19N3OS2. The topological polar surface area (TPSA) is 46.1 Å². The van der Waals surface area contributed by atoms with Gasteiger partial charge in [-0.2, -0.15) is 0 Å². The van der Waals surface area contributed by atoms with Crippen molar-refractivity contribution in [2.45, 2.75) is 25.2 Å². The van der Waals surface area contributed by atoms with Gasteiger partial charge in [0.1, 0.15) is 10.0 Å². The molecule has 3 aromatic rings. The first-order valence-electron chi connectivity index (χ1n) is 8.48. The van der Waals surface area contributed by atoms with E-state index in [1.54, 1.807) is 11.3 Å². The summed E-state index contributed by atoms with van der Waals surface area (Å²) in [6, 6.07) is 14.2. The number of carbonyl (C=O) groups is 1. The number of piperidine rings is 1. The summed E-state index contributed by atoms with van der Waals surface area (Å²) >= 11 is 3.20. The van der Waals surface area contributed by atoms with Crippen LogP contribution in [0.3, 0.4) is 0 Å². The van der Waals surface area contributed by atoms with Crippen molar-refractivity contribution in [3.63, 3.8) is 0 Å². The smallest absolute Gasteiger partial charge is 0.263 e. The van der Waals surface area contributed by atoms with Crippen molar-refractivity contribution >= 4 is 28.6 Å². The predicted octanol–water partition coefficient (Wildman–Crippen LogP) is 4.21. The van der Waals surface area contributed by atoms with E-state index >= 15 is 0 Å². The maximum atomic E-state index is 12.6. The highest BCUT2D eigenvalue weighted by atomic mass is 32.1. The number of benzene rings is 1. The van der Waals surface area contributed by atoms with E-state index in [0.29, 0.717) is 5.92 Å². The number of hydrogen-bond acceptors (Lipinski definition) is 5. The van der Waals surface area contributed by atoms with E-state index in [2.05, 4.69) is 22.3 Å². The van der Waals surface area contributed by atoms with Crippen molar-refractivity contribution in [3.8, 4) is 0 Å². The molecule has 4 nitrogen and oxygen atoms in total. The van der Waals surface area contributed by atoms with E-state index in [9.17, 15) is 4.79 Å². The summed E-state index contributed by atoms with van der Waals surface area (Å²) in [6.07, 6.45) is 2.92. The first-order chi connectivity index (χ1) is 12.3. The summed E-state index contributed by atoms with van der Waals surface area (Å²) in [4.78, 5) is 15.4. The molecule has 1 atom stereocenters. The summed E-state index contributed by atoms with van der Waals surface area (Å²) in [6.45, 7) is 1.58. The standard InChI is InChI=1S/C19H19N3OS2/c23-19(16-9-5-11-24-16)22-10-4-8-15(13-22)18-21-20-17(25-18)12-14-6-2-1-3-7-14/h1-3,5-7,9,11,15H,4,8,10,12-13H2. The molecule has 1 amide bonds. The minimum Gasteiger partial charge on any atom is -0.337 e. The largest absolute Gasteiger partial charge is 0.337 e. The maximum absolute atomic E-state index is 12.6. The van der Waals surface area contributed by atoms with Crippen LogP contribution in [0.5, 0.6) is 0 Å². The Morgan fingerprint density at radius 3 is 2.84 bits per heavy atom. The lowest BCUT2D eigenvalue weighted by Crippen LogP contribution is -2.38. The zero-order valence-corrected chi connectivity index (χ0v) is 15.4. The molecule has 1 aliphatic rings. The molecule has 4 rings (SSSR count). The molecule has 1 unspecified atom stereocenters. The fourth-order valence-corrected chi connectivity index (χ4v) is 4.89. The molecule has 2 aromatic heterocycles. The van der Waals surface area contributed by atoms with Crippen LogP contribution >= 0.6 is 22.7 Å². The van der Waals surface area contributed by atoms with Gasteiger partial charge in [-0.25, -0.2) is 0 Å². The number of carbonyl (C=O) groups excluding carboxylic acids is 1. The second-order valence-electron chi connectivity index (χ2n) is 6.26. The van der Waals surface area contributed by atoms with Crippen molar-refractivity contribution in [1.82, 2.24) is 15.1 Å². The molecule has 0 radical (unpaired) electrons. The molecule has 0 bridgehead atoms. The number of rotatable bonds is 4. The van der Waals surface area contributed by atoms with Gasteiger partial charge in [-0.1, -0.05) is 36.4 Å². The van der Waals surface area contributed by atoms with Crippen molar-refractivity contribution in [2.24, 2.45) is 0 Å². The summed E-state index contributed by atoms with van der Waals surface area (Å²) < 4.78 is 0. The Labute approximate surface area is 155 Å². The second-order valence-corrected chi connectivity index (χ2v) is 8.31. The van der Waals surface area contributed by atoms with E-state index in [4.69, 9.17) is 0 Å². The molecule has 1 saturated heterocycles. The summed E-state index contributed by atoms with van der Waals surface area (Å²) in [7, 11) is 0. The van der Waals surface area contributed by atoms with Gasteiger partial charge < -0.3 is 4.90 Å². The normalized spacial score (nSPS) is 17.6. The molecule has 0 saturated carbocycles. The van der Waals surface area contributed by atoms with Gasteiger partial charge >= 0.3 is 0 Å². The van der Waals surface area contributed by atoms with Crippen molar-refractivity contribution in [2.75, 3.05) is 13.1 Å². The molecule has 0 N–H and O–H groups in total. The van der Waals surface area contributed by atoms with Gasteiger partial charge in [0.2, 0.25) is 0 Å². The number of nitrogens with zero attached hydrogens (tertiary/aromatic N) is 3. The average molecular weight is 370 g/mol. The van der Waals surface area contributed by atoms with Crippen LogP contribution in [-0.2, 0) is 6.42 Å². The molecule has 6 heteroatoms. The van der Waals surface area contributed by atoms with Gasteiger partial charge in [0.05, 0.1) is 4.88 Å². The molecule has 3 heterocycles. The summed E-state index contributed by atoms with van der Waals surface area (Å²) in [5.41, 5.74) is 1.25. The van der Waals surface area contributed by atoms with Crippen LogP contribution in [0.15, 0.2) is 47.8 Å². The van der Waals surface area contributed by atoms with Crippen molar-refractivity contribution < 1.29 is 4.79 Å². The third-order valence-corrected chi connectivity index (χ3v) is 6.41. The van der Waals surface area contributed by atoms with E-state index in [-0.39, 0.29) is 5.91 Å². The number of amides is 1. The average Bonchev–Trinajstić information content (AvgIpc) is 3.34. The van der Waals surface area contributed by atoms with Crippen LogP contribution in [-0.4, -0.2) is 34.1 Å². The number of aromatic nitrogens is 2. The lowest BCUT2D eigenvalue weighted by atomic mass is 9.98. The SMILES string of the molecule is O=C(c1cccs1)N1CCCC(c2nnc(Cc3ccccc3)s2)C1. The minimum atomic E-state index is 0.147. The first kappa shape index (κ1) is 16.4. The van der Waals surface area contributed by atoms with Crippen LogP contribution in [0.1, 0.15) is 44.0 Å². The quantitative estimate of drug-likeness (QED) is 0.692. The predicted molar refractivity (Wildman–Crippen MR) is 101 cm³/mol. The van der Waals surface area contributed by atoms with E-state index < -0.39 is 0 Å².